The van der Waals surface area contributed by atoms with Gasteiger partial charge >= 0.3 is 0 Å². The van der Waals surface area contributed by atoms with Crippen LogP contribution in [0.2, 0.25) is 0 Å². The van der Waals surface area contributed by atoms with Crippen molar-refractivity contribution in [3.05, 3.63) is 30.1 Å². The number of nitrogens with zero attached hydrogens (tertiary/aromatic N) is 2. The monoisotopic (exact) mass is 259 g/mol. The van der Waals surface area contributed by atoms with Gasteiger partial charge in [0.15, 0.2) is 0 Å². The summed E-state index contributed by atoms with van der Waals surface area (Å²) >= 11 is 0. The van der Waals surface area contributed by atoms with Gasteiger partial charge in [-0.1, -0.05) is 6.07 Å². The Hall–Kier alpha value is -1.27. The number of hydroxylamine groups is 2. The summed E-state index contributed by atoms with van der Waals surface area (Å²) in [5.41, 5.74) is 0.514. The molecule has 3 N–H and O–H groups in total. The second-order valence-corrected chi connectivity index (χ2v) is 5.94. The van der Waals surface area contributed by atoms with Gasteiger partial charge in [-0.3, -0.25) is 24.9 Å². The molecule has 17 heavy (non-hydrogen) atoms. The van der Waals surface area contributed by atoms with Gasteiger partial charge in [-0.05, 0) is 11.6 Å². The summed E-state index contributed by atoms with van der Waals surface area (Å²) < 4.78 is 11.7. The molecule has 0 bridgehead atoms. The molecule has 0 radical (unpaired) electrons. The number of rotatable bonds is 6. The summed E-state index contributed by atoms with van der Waals surface area (Å²) in [7, 11) is -3.47. The lowest BCUT2D eigenvalue weighted by Gasteiger charge is -2.22. The first-order chi connectivity index (χ1) is 7.95. The van der Waals surface area contributed by atoms with Gasteiger partial charge in [0, 0.05) is 19.1 Å². The smallest absolute Gasteiger partial charge is 0.234 e. The maximum Gasteiger partial charge on any atom is 0.234 e. The Bertz CT molecular complexity index is 408. The van der Waals surface area contributed by atoms with Gasteiger partial charge in [-0.25, -0.2) is 5.06 Å². The Morgan fingerprint density at radius 1 is 1.71 bits per heavy atom. The predicted octanol–water partition coefficient (Wildman–Crippen LogP) is 0.375. The van der Waals surface area contributed by atoms with E-state index in [1.54, 1.807) is 18.3 Å². The molecule has 2 unspecified atom stereocenters. The molecule has 0 saturated carbocycles. The van der Waals surface area contributed by atoms with E-state index in [1.165, 1.54) is 12.9 Å². The van der Waals surface area contributed by atoms with Crippen molar-refractivity contribution in [3.8, 4) is 0 Å². The number of pyridine rings is 1. The van der Waals surface area contributed by atoms with Crippen molar-refractivity contribution in [2.24, 2.45) is 0 Å². The van der Waals surface area contributed by atoms with E-state index in [1.807, 2.05) is 0 Å². The fraction of sp³-hybridized carbons (Fsp3) is 0.333. The average molecular weight is 259 g/mol. The van der Waals surface area contributed by atoms with Crippen LogP contribution >= 0.6 is 7.37 Å². The van der Waals surface area contributed by atoms with Gasteiger partial charge in [0.05, 0.1) is 6.67 Å². The normalized spacial score (nSPS) is 15.9. The van der Waals surface area contributed by atoms with Gasteiger partial charge in [0.2, 0.25) is 13.8 Å². The van der Waals surface area contributed by atoms with Crippen LogP contribution < -0.4 is 5.32 Å². The minimum absolute atomic E-state index is 0.200. The number of carbonyl (C=O) groups is 1. The molecule has 8 heteroatoms. The zero-order valence-electron chi connectivity index (χ0n) is 9.22. The first-order valence-electron chi connectivity index (χ1n) is 4.79. The minimum Gasteiger partial charge on any atom is -0.343 e. The molecule has 1 heterocycles. The van der Waals surface area contributed by atoms with Crippen LogP contribution in [0.1, 0.15) is 11.3 Å². The van der Waals surface area contributed by atoms with Gasteiger partial charge < -0.3 is 4.89 Å². The van der Waals surface area contributed by atoms with E-state index in [-0.39, 0.29) is 13.1 Å². The van der Waals surface area contributed by atoms with E-state index < -0.39 is 13.2 Å². The lowest BCUT2D eigenvalue weighted by Crippen LogP contribution is -2.33. The highest BCUT2D eigenvalue weighted by Gasteiger charge is 2.27. The third-order valence-corrected chi connectivity index (χ3v) is 3.49. The second kappa shape index (κ2) is 5.88. The van der Waals surface area contributed by atoms with E-state index in [9.17, 15) is 14.3 Å². The minimum atomic E-state index is -3.47. The summed E-state index contributed by atoms with van der Waals surface area (Å²) in [4.78, 5) is 23.6. The summed E-state index contributed by atoms with van der Waals surface area (Å²) in [5.74, 6) is -0.884. The molecule has 94 valence electrons. The van der Waals surface area contributed by atoms with Gasteiger partial charge in [0.1, 0.15) is 5.78 Å². The van der Waals surface area contributed by atoms with Crippen molar-refractivity contribution >= 4 is 13.8 Å². The van der Waals surface area contributed by atoms with Crippen LogP contribution in [0.25, 0.3) is 0 Å². The Morgan fingerprint density at radius 2 is 2.41 bits per heavy atom. The number of carbonyl (C=O) groups excluding carboxylic acids is 1. The van der Waals surface area contributed by atoms with Gasteiger partial charge in [0.25, 0.3) is 0 Å². The van der Waals surface area contributed by atoms with Crippen molar-refractivity contribution in [1.82, 2.24) is 15.4 Å². The highest BCUT2D eigenvalue weighted by Crippen LogP contribution is 2.50. The fourth-order valence-electron chi connectivity index (χ4n) is 1.32. The summed E-state index contributed by atoms with van der Waals surface area (Å²) in [6.07, 6.45) is 3.19. The molecule has 0 saturated heterocycles. The number of aromatic nitrogens is 1. The SMILES string of the molecule is CP(=O)(O)C(NCN(O)C=O)c1cccnc1. The zero-order chi connectivity index (χ0) is 12.9. The molecule has 1 rings (SSSR count). The molecule has 1 aromatic heterocycles. The van der Waals surface area contributed by atoms with Crippen LogP contribution in [-0.2, 0) is 9.36 Å². The molecule has 0 aliphatic heterocycles. The van der Waals surface area contributed by atoms with E-state index >= 15 is 0 Å². The molecular formula is C9H14N3O4P. The molecule has 7 nitrogen and oxygen atoms in total. The van der Waals surface area contributed by atoms with Crippen molar-refractivity contribution in [3.63, 3.8) is 0 Å². The van der Waals surface area contributed by atoms with Crippen LogP contribution in [-0.4, -0.2) is 39.9 Å². The Morgan fingerprint density at radius 3 is 2.88 bits per heavy atom. The molecule has 0 aliphatic carbocycles. The van der Waals surface area contributed by atoms with Crippen LogP contribution in [0.15, 0.2) is 24.5 Å². The van der Waals surface area contributed by atoms with Crippen LogP contribution in [0.5, 0.6) is 0 Å². The van der Waals surface area contributed by atoms with E-state index in [0.717, 1.165) is 0 Å². The first-order valence-corrected chi connectivity index (χ1v) is 6.97. The molecule has 1 amide bonds. The molecule has 1 aromatic rings. The Labute approximate surface area is 98.5 Å². The van der Waals surface area contributed by atoms with Crippen LogP contribution in [0.4, 0.5) is 0 Å². The maximum atomic E-state index is 11.7. The molecule has 2 atom stereocenters. The largest absolute Gasteiger partial charge is 0.343 e. The first kappa shape index (κ1) is 13.8. The van der Waals surface area contributed by atoms with Crippen LogP contribution in [0, 0.1) is 0 Å². The maximum absolute atomic E-state index is 11.7. The fourth-order valence-corrected chi connectivity index (χ4v) is 2.45. The molecule has 0 spiro atoms. The number of amides is 1. The standard InChI is InChI=1S/C9H14N3O4P/c1-17(15,16)9(11-6-12(14)7-13)8-3-2-4-10-5-8/h2-5,7,9,11,14H,6H2,1H3,(H,15,16). The van der Waals surface area contributed by atoms with Crippen molar-refractivity contribution in [1.29, 1.82) is 0 Å². The van der Waals surface area contributed by atoms with E-state index in [2.05, 4.69) is 10.3 Å². The third-order valence-electron chi connectivity index (χ3n) is 2.05. The Balaban J connectivity index is 2.83. The van der Waals surface area contributed by atoms with Gasteiger partial charge in [-0.15, -0.1) is 0 Å². The van der Waals surface area contributed by atoms with Crippen molar-refractivity contribution < 1.29 is 19.5 Å². The zero-order valence-corrected chi connectivity index (χ0v) is 10.1. The van der Waals surface area contributed by atoms with E-state index in [4.69, 9.17) is 5.21 Å². The molecule has 0 aliphatic rings. The Kier molecular flexibility index (Phi) is 4.77. The third kappa shape index (κ3) is 4.24. The molecular weight excluding hydrogens is 245 g/mol. The number of nitrogens with one attached hydrogen (secondary N) is 1. The molecule has 0 fully saturated rings. The summed E-state index contributed by atoms with van der Waals surface area (Å²) in [6, 6.07) is 3.27. The summed E-state index contributed by atoms with van der Waals surface area (Å²) in [6.45, 7) is 0.946. The highest BCUT2D eigenvalue weighted by atomic mass is 31.2. The number of hydrogen-bond donors (Lipinski definition) is 3. The predicted molar refractivity (Wildman–Crippen MR) is 60.4 cm³/mol. The van der Waals surface area contributed by atoms with Gasteiger partial charge in [-0.2, -0.15) is 0 Å². The molecule has 0 aromatic carbocycles. The lowest BCUT2D eigenvalue weighted by molar-refractivity contribution is -0.151. The van der Waals surface area contributed by atoms with Crippen LogP contribution in [0.3, 0.4) is 0 Å². The summed E-state index contributed by atoms with van der Waals surface area (Å²) in [5, 5.41) is 11.9. The topological polar surface area (TPSA) is 103 Å². The van der Waals surface area contributed by atoms with E-state index in [0.29, 0.717) is 10.6 Å². The van der Waals surface area contributed by atoms with Crippen molar-refractivity contribution in [2.75, 3.05) is 13.3 Å². The average Bonchev–Trinajstić information content (AvgIpc) is 2.28. The highest BCUT2D eigenvalue weighted by molar-refractivity contribution is 7.57. The number of hydrogen-bond acceptors (Lipinski definition) is 5. The quantitative estimate of drug-likeness (QED) is 0.224. The van der Waals surface area contributed by atoms with Crippen molar-refractivity contribution in [2.45, 2.75) is 5.78 Å². The lowest BCUT2D eigenvalue weighted by atomic mass is 10.3. The second-order valence-electron chi connectivity index (χ2n) is 3.54.